The minimum absolute atomic E-state index is 0.00233. The zero-order chi connectivity index (χ0) is 25.1. The number of benzene rings is 1. The Balaban J connectivity index is 2.05. The lowest BCUT2D eigenvalue weighted by Crippen LogP contribution is -2.52. The maximum Gasteiger partial charge on any atom is 0.252 e. The van der Waals surface area contributed by atoms with E-state index in [0.29, 0.717) is 5.92 Å². The third kappa shape index (κ3) is 4.71. The highest BCUT2D eigenvalue weighted by Gasteiger charge is 2.66. The van der Waals surface area contributed by atoms with Crippen LogP contribution in [0.1, 0.15) is 67.7 Å². The van der Waals surface area contributed by atoms with E-state index in [1.54, 1.807) is 0 Å². The van der Waals surface area contributed by atoms with Crippen LogP contribution >= 0.6 is 7.05 Å². The molecule has 1 aromatic carbocycles. The minimum Gasteiger partial charge on any atom is -0.413 e. The van der Waals surface area contributed by atoms with Crippen molar-refractivity contribution in [2.45, 2.75) is 97.6 Å². The van der Waals surface area contributed by atoms with E-state index in [1.807, 2.05) is 30.3 Å². The van der Waals surface area contributed by atoms with Crippen molar-refractivity contribution in [2.24, 2.45) is 20.9 Å². The number of sulfonamides is 1. The molecule has 0 N–H and O–H groups in total. The number of rotatable bonds is 7. The van der Waals surface area contributed by atoms with E-state index in [-0.39, 0.29) is 33.4 Å². The molecule has 0 spiro atoms. The molecule has 0 heterocycles. The van der Waals surface area contributed by atoms with E-state index >= 15 is 0 Å². The van der Waals surface area contributed by atoms with Gasteiger partial charge in [-0.25, -0.2) is 8.42 Å². The molecule has 2 saturated carbocycles. The normalized spacial score (nSPS) is 29.3. The minimum atomic E-state index is -3.64. The van der Waals surface area contributed by atoms with Crippen LogP contribution in [0.3, 0.4) is 0 Å². The topological polar surface area (TPSA) is 55.7 Å². The van der Waals surface area contributed by atoms with Crippen molar-refractivity contribution in [1.82, 2.24) is 0 Å². The highest BCUT2D eigenvalue weighted by Crippen LogP contribution is 2.68. The third-order valence-electron chi connectivity index (χ3n) is 9.62. The molecular formula is C26H46NO3PSSi. The number of fused-ring (bicyclic) bond motifs is 2. The molecule has 3 rings (SSSR count). The lowest BCUT2D eigenvalue weighted by Gasteiger charge is -2.47. The predicted molar refractivity (Wildman–Crippen MR) is 146 cm³/mol. The molecule has 188 valence electrons. The molecule has 2 bridgehead atoms. The van der Waals surface area contributed by atoms with E-state index < -0.39 is 25.4 Å². The average molecular weight is 512 g/mol. The zero-order valence-corrected chi connectivity index (χ0v) is 25.2. The predicted octanol–water partition coefficient (Wildman–Crippen LogP) is 7.10. The summed E-state index contributed by atoms with van der Waals surface area (Å²) in [6, 6.07) is 10.0. The van der Waals surface area contributed by atoms with Gasteiger partial charge in [0.2, 0.25) is 0 Å². The molecule has 33 heavy (non-hydrogen) atoms. The van der Waals surface area contributed by atoms with Crippen LogP contribution in [-0.4, -0.2) is 40.9 Å². The van der Waals surface area contributed by atoms with Gasteiger partial charge < -0.3 is 4.43 Å². The Morgan fingerprint density at radius 1 is 1.18 bits per heavy atom. The summed E-state index contributed by atoms with van der Waals surface area (Å²) >= 11 is 0. The van der Waals surface area contributed by atoms with Gasteiger partial charge in [-0.2, -0.15) is 4.15 Å². The molecule has 4 atom stereocenters. The first-order valence-corrected chi connectivity index (χ1v) is 19.2. The first-order valence-electron chi connectivity index (χ1n) is 12.4. The zero-order valence-electron chi connectivity index (χ0n) is 22.5. The lowest BCUT2D eigenvalue weighted by molar-refractivity contribution is 0.0237. The van der Waals surface area contributed by atoms with Crippen LogP contribution in [0.25, 0.3) is 0 Å². The molecule has 0 amide bonds. The van der Waals surface area contributed by atoms with Gasteiger partial charge in [-0.1, -0.05) is 78.8 Å². The summed E-state index contributed by atoms with van der Waals surface area (Å²) < 4.78 is 39.5. The Bertz CT molecular complexity index is 1030. The van der Waals surface area contributed by atoms with Crippen molar-refractivity contribution >= 4 is 30.7 Å². The molecule has 2 unspecified atom stereocenters. The van der Waals surface area contributed by atoms with Gasteiger partial charge in [-0.15, -0.1) is 0 Å². The molecule has 2 fully saturated rings. The van der Waals surface area contributed by atoms with Gasteiger partial charge in [0.1, 0.15) is 0 Å². The van der Waals surface area contributed by atoms with Gasteiger partial charge in [-0.05, 0) is 66.4 Å². The molecule has 0 aromatic heterocycles. The van der Waals surface area contributed by atoms with Crippen LogP contribution in [0.2, 0.25) is 18.1 Å². The van der Waals surface area contributed by atoms with Gasteiger partial charge in [0.15, 0.2) is 8.32 Å². The quantitative estimate of drug-likeness (QED) is 0.290. The van der Waals surface area contributed by atoms with E-state index in [1.165, 1.54) is 0 Å². The highest BCUT2D eigenvalue weighted by molar-refractivity contribution is 7.95. The summed E-state index contributed by atoms with van der Waals surface area (Å²) in [5, 5.41) is 1.16. The fourth-order valence-electron chi connectivity index (χ4n) is 5.82. The summed E-state index contributed by atoms with van der Waals surface area (Å²) in [4.78, 5) is 0. The third-order valence-corrected chi connectivity index (χ3v) is 20.7. The van der Waals surface area contributed by atoms with Crippen LogP contribution in [0.4, 0.5) is 0 Å². The van der Waals surface area contributed by atoms with Crippen molar-refractivity contribution in [3.63, 3.8) is 0 Å². The summed E-state index contributed by atoms with van der Waals surface area (Å²) in [6.07, 6.45) is 2.98. The van der Waals surface area contributed by atoms with E-state index in [9.17, 15) is 8.42 Å². The SMILES string of the molecule is CC(C)P(C)(=NS(=O)(=O)C[C@]12CC[C@H](CC1O[Si](C)(C)C(C)(C)C)C2(C)C)c1ccccc1. The van der Waals surface area contributed by atoms with Crippen molar-refractivity contribution < 1.29 is 12.8 Å². The fourth-order valence-corrected chi connectivity index (χ4v) is 13.4. The molecular weight excluding hydrogens is 465 g/mol. The average Bonchev–Trinajstić information content (AvgIpc) is 3.01. The van der Waals surface area contributed by atoms with Gasteiger partial charge in [0.25, 0.3) is 10.0 Å². The van der Waals surface area contributed by atoms with Gasteiger partial charge in [-0.3, -0.25) is 0 Å². The summed E-state index contributed by atoms with van der Waals surface area (Å²) in [5.74, 6) is 0.626. The second-order valence-corrected chi connectivity index (χ2v) is 23.4. The second-order valence-electron chi connectivity index (χ2n) is 13.0. The standard InChI is InChI=1S/C26H46NO3PSSi/c1-20(2)31(8,22-14-12-11-13-15-22)27-32(28,29)19-26-17-16-21(25(26,6)7)18-23(26)30-33(9,10)24(3,4)5/h11-15,20-21,23H,16-19H2,1-10H3/t21-,23?,26-,31?/m1/s1. The van der Waals surface area contributed by atoms with E-state index in [2.05, 4.69) is 68.2 Å². The first kappa shape index (κ1) is 27.2. The van der Waals surface area contributed by atoms with Crippen molar-refractivity contribution in [1.29, 1.82) is 0 Å². The van der Waals surface area contributed by atoms with E-state index in [4.69, 9.17) is 8.58 Å². The summed E-state index contributed by atoms with van der Waals surface area (Å²) in [5.41, 5.74) is -0.268. The Kier molecular flexibility index (Phi) is 7.08. The molecule has 2 aliphatic carbocycles. The van der Waals surface area contributed by atoms with Crippen molar-refractivity contribution in [2.75, 3.05) is 12.4 Å². The van der Waals surface area contributed by atoms with Gasteiger partial charge >= 0.3 is 0 Å². The van der Waals surface area contributed by atoms with E-state index in [0.717, 1.165) is 24.6 Å². The van der Waals surface area contributed by atoms with Crippen molar-refractivity contribution in [3.05, 3.63) is 30.3 Å². The molecule has 0 radical (unpaired) electrons. The van der Waals surface area contributed by atoms with Crippen LogP contribution in [-0.2, 0) is 14.4 Å². The van der Waals surface area contributed by atoms with Gasteiger partial charge in [0.05, 0.1) is 11.9 Å². The monoisotopic (exact) mass is 511 g/mol. The fraction of sp³-hybridized carbons (Fsp3) is 0.769. The Morgan fingerprint density at radius 3 is 2.24 bits per heavy atom. The summed E-state index contributed by atoms with van der Waals surface area (Å²) in [6.45, 7) is 22.2. The summed E-state index contributed by atoms with van der Waals surface area (Å²) in [7, 11) is -7.90. The Hall–Kier alpha value is -0.423. The molecule has 0 saturated heterocycles. The largest absolute Gasteiger partial charge is 0.413 e. The lowest BCUT2D eigenvalue weighted by atomic mass is 9.70. The number of hydrogen-bond donors (Lipinski definition) is 0. The van der Waals surface area contributed by atoms with Crippen LogP contribution < -0.4 is 5.30 Å². The van der Waals surface area contributed by atoms with Crippen LogP contribution in [0, 0.1) is 16.7 Å². The molecule has 2 aliphatic rings. The maximum atomic E-state index is 13.9. The van der Waals surface area contributed by atoms with Crippen molar-refractivity contribution in [3.8, 4) is 0 Å². The number of hydrogen-bond acceptors (Lipinski definition) is 3. The molecule has 7 heteroatoms. The van der Waals surface area contributed by atoms with Gasteiger partial charge in [0, 0.05) is 12.5 Å². The smallest absolute Gasteiger partial charge is 0.252 e. The second kappa shape index (κ2) is 8.60. The van der Waals surface area contributed by atoms with Crippen LogP contribution in [0.5, 0.6) is 0 Å². The Labute approximate surface area is 204 Å². The Morgan fingerprint density at radius 2 is 1.76 bits per heavy atom. The molecule has 1 aromatic rings. The molecule has 0 aliphatic heterocycles. The van der Waals surface area contributed by atoms with Crippen LogP contribution in [0.15, 0.2) is 34.5 Å². The molecule has 4 nitrogen and oxygen atoms in total. The highest BCUT2D eigenvalue weighted by atomic mass is 32.2. The maximum absolute atomic E-state index is 13.9. The first-order chi connectivity index (χ1) is 14.9. The number of nitrogens with zero attached hydrogens (tertiary/aromatic N) is 1.